The number of unbranched alkanes of at least 4 members (excludes halogenated alkanes) is 15. The lowest BCUT2D eigenvalue weighted by Gasteiger charge is -2.18. The molecule has 4 heteroatoms. The van der Waals surface area contributed by atoms with Crippen molar-refractivity contribution in [2.75, 3.05) is 0 Å². The first-order valence-corrected chi connectivity index (χ1v) is 11.5. The van der Waals surface area contributed by atoms with Gasteiger partial charge in [0.1, 0.15) is 5.60 Å². The van der Waals surface area contributed by atoms with Crippen LogP contribution in [0.4, 0.5) is 0 Å². The van der Waals surface area contributed by atoms with Gasteiger partial charge in [0.25, 0.3) is 0 Å². The molecule has 152 valence electrons. The molecule has 1 N–H and O–H groups in total. The Bertz CT molecular complexity index is 397. The van der Waals surface area contributed by atoms with E-state index >= 15 is 0 Å². The standard InChI is InChI=1S/C22H40O3S/c1-2-3-4-5-6-7-8-9-10-11-12-13-14-15-16-17-18-22(24)19-20(23)25-21(22)26/h24H,2-19H2,1H3. The van der Waals surface area contributed by atoms with Crippen molar-refractivity contribution in [3.8, 4) is 0 Å². The Kier molecular flexibility index (Phi) is 13.2. The summed E-state index contributed by atoms with van der Waals surface area (Å²) in [5, 5.41) is 10.3. The van der Waals surface area contributed by atoms with Gasteiger partial charge in [-0.25, -0.2) is 0 Å². The lowest BCUT2D eigenvalue weighted by Crippen LogP contribution is -2.32. The van der Waals surface area contributed by atoms with Gasteiger partial charge in [0.15, 0.2) is 0 Å². The number of rotatable bonds is 17. The number of carbonyl (C=O) groups is 1. The van der Waals surface area contributed by atoms with Crippen LogP contribution < -0.4 is 0 Å². The van der Waals surface area contributed by atoms with Gasteiger partial charge in [0.05, 0.1) is 6.42 Å². The fourth-order valence-electron chi connectivity index (χ4n) is 3.70. The fourth-order valence-corrected chi connectivity index (χ4v) is 3.97. The SMILES string of the molecule is CCCCCCCCCCCCCCCCCCC1(O)CC(=O)OC1=S. The lowest BCUT2D eigenvalue weighted by atomic mass is 9.94. The minimum atomic E-state index is -1.18. The molecule has 0 radical (unpaired) electrons. The monoisotopic (exact) mass is 384 g/mol. The summed E-state index contributed by atoms with van der Waals surface area (Å²) in [4.78, 5) is 11.2. The number of carbonyl (C=O) groups excluding carboxylic acids is 1. The van der Waals surface area contributed by atoms with E-state index in [1.165, 1.54) is 89.9 Å². The zero-order valence-electron chi connectivity index (χ0n) is 16.9. The molecule has 1 aliphatic rings. The molecule has 0 saturated carbocycles. The molecule has 26 heavy (non-hydrogen) atoms. The number of hydrogen-bond acceptors (Lipinski definition) is 4. The van der Waals surface area contributed by atoms with Gasteiger partial charge in [0, 0.05) is 0 Å². The van der Waals surface area contributed by atoms with Crippen LogP contribution in [0.2, 0.25) is 0 Å². The van der Waals surface area contributed by atoms with E-state index in [4.69, 9.17) is 17.0 Å². The van der Waals surface area contributed by atoms with Crippen molar-refractivity contribution < 1.29 is 14.6 Å². The molecule has 0 amide bonds. The summed E-state index contributed by atoms with van der Waals surface area (Å²) in [6.45, 7) is 2.27. The molecule has 1 saturated heterocycles. The second-order valence-corrected chi connectivity index (χ2v) is 8.39. The molecule has 3 nitrogen and oxygen atoms in total. The van der Waals surface area contributed by atoms with Crippen LogP contribution in [0.25, 0.3) is 0 Å². The predicted octanol–water partition coefficient (Wildman–Crippen LogP) is 6.64. The minimum absolute atomic E-state index is 0.0323. The molecule has 0 aliphatic carbocycles. The van der Waals surface area contributed by atoms with E-state index in [0.29, 0.717) is 6.42 Å². The Balaban J connectivity index is 1.79. The number of thiocarbonyl (C=S) groups is 1. The first-order chi connectivity index (χ1) is 12.6. The second-order valence-electron chi connectivity index (χ2n) is 8.02. The average molecular weight is 385 g/mol. The van der Waals surface area contributed by atoms with Crippen molar-refractivity contribution in [2.45, 2.75) is 128 Å². The van der Waals surface area contributed by atoms with Gasteiger partial charge in [-0.05, 0) is 18.6 Å². The van der Waals surface area contributed by atoms with Crippen LogP contribution in [0.1, 0.15) is 122 Å². The summed E-state index contributed by atoms with van der Waals surface area (Å²) in [5.74, 6) is -0.394. The van der Waals surface area contributed by atoms with E-state index in [0.717, 1.165) is 12.8 Å². The summed E-state index contributed by atoms with van der Waals surface area (Å²) in [6.07, 6.45) is 21.8. The van der Waals surface area contributed by atoms with Gasteiger partial charge >= 0.3 is 5.97 Å². The van der Waals surface area contributed by atoms with Crippen molar-refractivity contribution in [1.29, 1.82) is 0 Å². The van der Waals surface area contributed by atoms with E-state index in [1.807, 2.05) is 0 Å². The van der Waals surface area contributed by atoms with Crippen molar-refractivity contribution in [1.82, 2.24) is 0 Å². The molecule has 1 aliphatic heterocycles. The molecule has 1 fully saturated rings. The van der Waals surface area contributed by atoms with Crippen LogP contribution in [-0.2, 0) is 9.53 Å². The van der Waals surface area contributed by atoms with Gasteiger partial charge in [-0.2, -0.15) is 0 Å². The summed E-state index contributed by atoms with van der Waals surface area (Å²) in [7, 11) is 0. The van der Waals surface area contributed by atoms with Gasteiger partial charge in [-0.3, -0.25) is 4.79 Å². The van der Waals surface area contributed by atoms with Crippen LogP contribution in [0.15, 0.2) is 0 Å². The lowest BCUT2D eigenvalue weighted by molar-refractivity contribution is -0.133. The number of aliphatic hydroxyl groups is 1. The van der Waals surface area contributed by atoms with E-state index in [-0.39, 0.29) is 11.5 Å². The molecule has 0 bridgehead atoms. The first kappa shape index (κ1) is 23.6. The molecule has 1 rings (SSSR count). The zero-order chi connectivity index (χ0) is 19.1. The third-order valence-electron chi connectivity index (χ3n) is 5.47. The smallest absolute Gasteiger partial charge is 0.315 e. The highest BCUT2D eigenvalue weighted by Gasteiger charge is 2.43. The Hall–Kier alpha value is -0.480. The number of esters is 1. The first-order valence-electron chi connectivity index (χ1n) is 11.1. The van der Waals surface area contributed by atoms with E-state index in [9.17, 15) is 9.90 Å². The molecule has 0 aromatic carbocycles. The van der Waals surface area contributed by atoms with Gasteiger partial charge in [-0.15, -0.1) is 0 Å². The highest BCUT2D eigenvalue weighted by atomic mass is 32.1. The normalized spacial score (nSPS) is 19.9. The Morgan fingerprint density at radius 1 is 0.808 bits per heavy atom. The van der Waals surface area contributed by atoms with Crippen LogP contribution in [0.5, 0.6) is 0 Å². The highest BCUT2D eigenvalue weighted by Crippen LogP contribution is 2.28. The van der Waals surface area contributed by atoms with Gasteiger partial charge in [0.2, 0.25) is 5.05 Å². The number of ether oxygens (including phenoxy) is 1. The maximum Gasteiger partial charge on any atom is 0.315 e. The minimum Gasteiger partial charge on any atom is -0.416 e. The quantitative estimate of drug-likeness (QED) is 0.173. The summed E-state index contributed by atoms with van der Waals surface area (Å²) in [6, 6.07) is 0. The van der Waals surface area contributed by atoms with E-state index < -0.39 is 11.6 Å². The summed E-state index contributed by atoms with van der Waals surface area (Å²) in [5.41, 5.74) is -1.18. The second kappa shape index (κ2) is 14.6. The van der Waals surface area contributed by atoms with Crippen LogP contribution >= 0.6 is 12.2 Å². The topological polar surface area (TPSA) is 46.5 Å². The largest absolute Gasteiger partial charge is 0.416 e. The van der Waals surface area contributed by atoms with Crippen LogP contribution in [0.3, 0.4) is 0 Å². The summed E-state index contributed by atoms with van der Waals surface area (Å²) < 4.78 is 4.80. The van der Waals surface area contributed by atoms with E-state index in [2.05, 4.69) is 6.92 Å². The third-order valence-corrected chi connectivity index (χ3v) is 5.93. The van der Waals surface area contributed by atoms with Gasteiger partial charge < -0.3 is 9.84 Å². The summed E-state index contributed by atoms with van der Waals surface area (Å²) >= 11 is 4.95. The van der Waals surface area contributed by atoms with Gasteiger partial charge in [-0.1, -0.05) is 110 Å². The molecule has 1 heterocycles. The molecule has 1 atom stereocenters. The predicted molar refractivity (Wildman–Crippen MR) is 112 cm³/mol. The number of hydrogen-bond donors (Lipinski definition) is 1. The Morgan fingerprint density at radius 3 is 1.54 bits per heavy atom. The molecule has 0 aromatic rings. The number of cyclic esters (lactones) is 1. The van der Waals surface area contributed by atoms with E-state index in [1.54, 1.807) is 0 Å². The molecule has 1 unspecified atom stereocenters. The van der Waals surface area contributed by atoms with Crippen molar-refractivity contribution >= 4 is 23.2 Å². The third kappa shape index (κ3) is 10.6. The Morgan fingerprint density at radius 2 is 1.19 bits per heavy atom. The van der Waals surface area contributed by atoms with Crippen molar-refractivity contribution in [3.05, 3.63) is 0 Å². The average Bonchev–Trinajstić information content (AvgIpc) is 2.86. The maximum atomic E-state index is 11.2. The maximum absolute atomic E-state index is 11.2. The molecule has 0 aromatic heterocycles. The fraction of sp³-hybridized carbons (Fsp3) is 0.909. The zero-order valence-corrected chi connectivity index (χ0v) is 17.7. The van der Waals surface area contributed by atoms with Crippen molar-refractivity contribution in [2.24, 2.45) is 0 Å². The van der Waals surface area contributed by atoms with Crippen LogP contribution in [-0.4, -0.2) is 21.7 Å². The highest BCUT2D eigenvalue weighted by molar-refractivity contribution is 7.80. The van der Waals surface area contributed by atoms with Crippen LogP contribution in [0, 0.1) is 0 Å². The van der Waals surface area contributed by atoms with Crippen molar-refractivity contribution in [3.63, 3.8) is 0 Å². The molecular weight excluding hydrogens is 344 g/mol. The molecule has 0 spiro atoms. The molecular formula is C22H40O3S. The Labute approximate surface area is 166 Å².